The van der Waals surface area contributed by atoms with Crippen molar-refractivity contribution in [2.45, 2.75) is 11.8 Å². The molecule has 0 bridgehead atoms. The summed E-state index contributed by atoms with van der Waals surface area (Å²) in [7, 11) is -2.22. The van der Waals surface area contributed by atoms with E-state index in [4.69, 9.17) is 5.73 Å². The number of sulfonamides is 1. The summed E-state index contributed by atoms with van der Waals surface area (Å²) in [5.41, 5.74) is 5.81. The van der Waals surface area contributed by atoms with E-state index >= 15 is 0 Å². The minimum absolute atomic E-state index is 0.0107. The maximum Gasteiger partial charge on any atom is 0.243 e. The highest BCUT2D eigenvalue weighted by atomic mass is 32.2. The van der Waals surface area contributed by atoms with Gasteiger partial charge in [0.15, 0.2) is 0 Å². The lowest BCUT2D eigenvalue weighted by Crippen LogP contribution is -2.32. The fraction of sp³-hybridized carbons (Fsp3) is 0.400. The van der Waals surface area contributed by atoms with Crippen molar-refractivity contribution in [3.63, 3.8) is 0 Å². The summed E-state index contributed by atoms with van der Waals surface area (Å²) in [4.78, 5) is -0.0107. The molecule has 0 aromatic heterocycles. The summed E-state index contributed by atoms with van der Waals surface area (Å²) in [5, 5.41) is 0. The molecule has 0 aliphatic rings. The average molecular weight is 246 g/mol. The topological polar surface area (TPSA) is 63.4 Å². The molecule has 1 rings (SSSR count). The van der Waals surface area contributed by atoms with Gasteiger partial charge in [0, 0.05) is 20.1 Å². The van der Waals surface area contributed by atoms with Crippen molar-refractivity contribution in [1.82, 2.24) is 4.31 Å². The van der Waals surface area contributed by atoms with Crippen LogP contribution in [0.2, 0.25) is 0 Å². The molecule has 0 aliphatic carbocycles. The van der Waals surface area contributed by atoms with Gasteiger partial charge in [0.05, 0.1) is 4.90 Å². The molecule has 0 aliphatic heterocycles. The first-order chi connectivity index (χ1) is 7.39. The second kappa shape index (κ2) is 4.90. The lowest BCUT2D eigenvalue weighted by molar-refractivity contribution is 0.475. The van der Waals surface area contributed by atoms with E-state index in [-0.39, 0.29) is 18.0 Å². The Morgan fingerprint density at radius 2 is 2.06 bits per heavy atom. The van der Waals surface area contributed by atoms with Crippen LogP contribution in [-0.2, 0) is 10.0 Å². The van der Waals surface area contributed by atoms with Crippen molar-refractivity contribution in [2.75, 3.05) is 20.1 Å². The number of halogens is 1. The number of nitrogens with zero attached hydrogens (tertiary/aromatic N) is 1. The Balaban J connectivity index is 3.21. The Bertz CT molecular complexity index is 474. The number of hydrogen-bond donors (Lipinski definition) is 1. The summed E-state index contributed by atoms with van der Waals surface area (Å²) < 4.78 is 38.1. The summed E-state index contributed by atoms with van der Waals surface area (Å²) in [6, 6.07) is 3.70. The molecule has 0 fully saturated rings. The largest absolute Gasteiger partial charge is 0.329 e. The van der Waals surface area contributed by atoms with Crippen LogP contribution in [0.4, 0.5) is 4.39 Å². The SMILES string of the molecule is Cc1ccc(F)cc1S(=O)(=O)N(C)CCN. The molecule has 0 saturated carbocycles. The molecule has 90 valence electrons. The van der Waals surface area contributed by atoms with Gasteiger partial charge in [-0.1, -0.05) is 6.07 Å². The van der Waals surface area contributed by atoms with Gasteiger partial charge >= 0.3 is 0 Å². The van der Waals surface area contributed by atoms with Crippen molar-refractivity contribution in [3.8, 4) is 0 Å². The number of aryl methyl sites for hydroxylation is 1. The van der Waals surface area contributed by atoms with Gasteiger partial charge in [-0.15, -0.1) is 0 Å². The lowest BCUT2D eigenvalue weighted by atomic mass is 10.2. The molecular formula is C10H15FN2O2S. The highest BCUT2D eigenvalue weighted by molar-refractivity contribution is 7.89. The van der Waals surface area contributed by atoms with Gasteiger partial charge in [-0.05, 0) is 24.6 Å². The van der Waals surface area contributed by atoms with Crippen LogP contribution in [0.25, 0.3) is 0 Å². The first kappa shape index (κ1) is 13.1. The van der Waals surface area contributed by atoms with Gasteiger partial charge in [0.25, 0.3) is 0 Å². The molecule has 0 heterocycles. The first-order valence-electron chi connectivity index (χ1n) is 4.82. The van der Waals surface area contributed by atoms with Crippen LogP contribution in [0.3, 0.4) is 0 Å². The fourth-order valence-electron chi connectivity index (χ4n) is 1.32. The third-order valence-corrected chi connectivity index (χ3v) is 4.28. The molecule has 1 aromatic rings. The number of rotatable bonds is 4. The van der Waals surface area contributed by atoms with Crippen molar-refractivity contribution < 1.29 is 12.8 Å². The van der Waals surface area contributed by atoms with E-state index in [2.05, 4.69) is 0 Å². The number of likely N-dealkylation sites (N-methyl/N-ethyl adjacent to an activating group) is 1. The normalized spacial score (nSPS) is 12.1. The molecule has 1 aromatic carbocycles. The zero-order valence-corrected chi connectivity index (χ0v) is 10.1. The van der Waals surface area contributed by atoms with Gasteiger partial charge in [-0.25, -0.2) is 12.8 Å². The number of hydrogen-bond acceptors (Lipinski definition) is 3. The highest BCUT2D eigenvalue weighted by Crippen LogP contribution is 2.19. The molecule has 16 heavy (non-hydrogen) atoms. The van der Waals surface area contributed by atoms with E-state index in [0.29, 0.717) is 5.56 Å². The minimum atomic E-state index is -3.64. The van der Waals surface area contributed by atoms with Crippen molar-refractivity contribution in [3.05, 3.63) is 29.6 Å². The van der Waals surface area contributed by atoms with E-state index in [0.717, 1.165) is 10.4 Å². The van der Waals surface area contributed by atoms with Crippen LogP contribution in [-0.4, -0.2) is 32.9 Å². The molecule has 6 heteroatoms. The van der Waals surface area contributed by atoms with Gasteiger partial charge in [-0.3, -0.25) is 0 Å². The first-order valence-corrected chi connectivity index (χ1v) is 6.26. The smallest absolute Gasteiger partial charge is 0.243 e. The Morgan fingerprint density at radius 1 is 1.44 bits per heavy atom. The molecule has 0 saturated heterocycles. The Hall–Kier alpha value is -0.980. The van der Waals surface area contributed by atoms with Crippen molar-refractivity contribution in [2.24, 2.45) is 5.73 Å². The molecule has 0 atom stereocenters. The summed E-state index contributed by atoms with van der Waals surface area (Å²) >= 11 is 0. The quantitative estimate of drug-likeness (QED) is 0.851. The van der Waals surface area contributed by atoms with E-state index in [1.807, 2.05) is 0 Å². The molecule has 0 radical (unpaired) electrons. The lowest BCUT2D eigenvalue weighted by Gasteiger charge is -2.17. The summed E-state index contributed by atoms with van der Waals surface area (Å²) in [6.45, 7) is 2.06. The van der Waals surface area contributed by atoms with E-state index < -0.39 is 15.8 Å². The predicted molar refractivity (Wildman–Crippen MR) is 60.0 cm³/mol. The third kappa shape index (κ3) is 2.58. The van der Waals surface area contributed by atoms with E-state index in [9.17, 15) is 12.8 Å². The van der Waals surface area contributed by atoms with Crippen LogP contribution >= 0.6 is 0 Å². The summed E-state index contributed by atoms with van der Waals surface area (Å²) in [6.07, 6.45) is 0. The second-order valence-corrected chi connectivity index (χ2v) is 5.54. The van der Waals surface area contributed by atoms with E-state index in [1.165, 1.54) is 19.2 Å². The van der Waals surface area contributed by atoms with Crippen molar-refractivity contribution in [1.29, 1.82) is 0 Å². The highest BCUT2D eigenvalue weighted by Gasteiger charge is 2.22. The van der Waals surface area contributed by atoms with Crippen LogP contribution in [0.15, 0.2) is 23.1 Å². The molecule has 0 amide bonds. The van der Waals surface area contributed by atoms with Gasteiger partial charge in [0.2, 0.25) is 10.0 Å². The zero-order chi connectivity index (χ0) is 12.3. The number of benzene rings is 1. The third-order valence-electron chi connectivity index (χ3n) is 2.28. The van der Waals surface area contributed by atoms with Crippen LogP contribution in [0, 0.1) is 12.7 Å². The molecule has 0 unspecified atom stereocenters. The van der Waals surface area contributed by atoms with E-state index in [1.54, 1.807) is 6.92 Å². The Morgan fingerprint density at radius 3 is 2.62 bits per heavy atom. The zero-order valence-electron chi connectivity index (χ0n) is 9.27. The molecule has 2 N–H and O–H groups in total. The second-order valence-electron chi connectivity index (χ2n) is 3.53. The summed E-state index contributed by atoms with van der Waals surface area (Å²) in [5.74, 6) is -0.565. The minimum Gasteiger partial charge on any atom is -0.329 e. The van der Waals surface area contributed by atoms with Crippen LogP contribution < -0.4 is 5.73 Å². The van der Waals surface area contributed by atoms with Gasteiger partial charge in [0.1, 0.15) is 5.82 Å². The van der Waals surface area contributed by atoms with Crippen LogP contribution in [0.5, 0.6) is 0 Å². The Labute approximate surface area is 94.9 Å². The number of nitrogens with two attached hydrogens (primary N) is 1. The standard InChI is InChI=1S/C10H15FN2O2S/c1-8-3-4-9(11)7-10(8)16(14,15)13(2)6-5-12/h3-4,7H,5-6,12H2,1-2H3. The maximum absolute atomic E-state index is 13.0. The predicted octanol–water partition coefficient (Wildman–Crippen LogP) is 0.713. The molecular weight excluding hydrogens is 231 g/mol. The maximum atomic E-state index is 13.0. The van der Waals surface area contributed by atoms with Gasteiger partial charge < -0.3 is 5.73 Å². The van der Waals surface area contributed by atoms with Gasteiger partial charge in [-0.2, -0.15) is 4.31 Å². The van der Waals surface area contributed by atoms with Crippen molar-refractivity contribution >= 4 is 10.0 Å². The molecule has 0 spiro atoms. The molecule has 4 nitrogen and oxygen atoms in total. The average Bonchev–Trinajstić information content (AvgIpc) is 2.22. The Kier molecular flexibility index (Phi) is 4.01. The van der Waals surface area contributed by atoms with Crippen LogP contribution in [0.1, 0.15) is 5.56 Å². The monoisotopic (exact) mass is 246 g/mol. The fourth-order valence-corrected chi connectivity index (χ4v) is 2.74.